The zero-order valence-electron chi connectivity index (χ0n) is 20.4. The standard InChI is InChI=1S/C22H32F2N2O4.C2HF3O2/c1-14(27)26-19(9-16-7-17(23)10-18(24)8-16)22(28)20-13-30-21(11-25-20)29-12-15-5-3-2-4-6-15;3-2(4,5)1(6)7/h7-8,10,15,19-22,25,28H,2-6,9,11-13H2,1H3,(H,26,27);(H,6,7)/t19-,20+,21+,22-;/m0./s1. The molecule has 1 heterocycles. The predicted molar refractivity (Wildman–Crippen MR) is 121 cm³/mol. The molecule has 1 amide bonds. The number of halogens is 5. The molecule has 0 radical (unpaired) electrons. The number of benzene rings is 1. The number of aliphatic hydroxyl groups excluding tert-OH is 1. The number of amides is 1. The van der Waals surface area contributed by atoms with Crippen LogP contribution >= 0.6 is 0 Å². The first-order chi connectivity index (χ1) is 17.3. The molecule has 1 aromatic rings. The molecule has 3 rings (SSSR count). The fourth-order valence-corrected chi connectivity index (χ4v) is 4.28. The second-order valence-corrected chi connectivity index (χ2v) is 9.20. The summed E-state index contributed by atoms with van der Waals surface area (Å²) in [6.07, 6.45) is -0.157. The summed E-state index contributed by atoms with van der Waals surface area (Å²) < 4.78 is 70.4. The summed E-state index contributed by atoms with van der Waals surface area (Å²) in [6.45, 7) is 2.66. The maximum atomic E-state index is 13.5. The van der Waals surface area contributed by atoms with Crippen molar-refractivity contribution in [3.8, 4) is 0 Å². The van der Waals surface area contributed by atoms with Crippen molar-refractivity contribution in [2.24, 2.45) is 5.92 Å². The van der Waals surface area contributed by atoms with Gasteiger partial charge in [0, 0.05) is 19.5 Å². The van der Waals surface area contributed by atoms with E-state index in [1.54, 1.807) is 0 Å². The SMILES string of the molecule is CC(=O)N[C@@H](Cc1cc(F)cc(F)c1)[C@H](O)[C@H]1CO[C@@H](OCC2CCCCC2)CN1.O=C(O)C(F)(F)F. The zero-order chi connectivity index (χ0) is 27.6. The Morgan fingerprint density at radius 1 is 1.16 bits per heavy atom. The Hall–Kier alpha value is -2.35. The number of ether oxygens (including phenoxy) is 2. The highest BCUT2D eigenvalue weighted by Gasteiger charge is 2.38. The largest absolute Gasteiger partial charge is 0.490 e. The molecule has 0 aromatic heterocycles. The molecule has 1 aromatic carbocycles. The lowest BCUT2D eigenvalue weighted by atomic mass is 9.90. The van der Waals surface area contributed by atoms with Crippen LogP contribution in [0.15, 0.2) is 18.2 Å². The Morgan fingerprint density at radius 2 is 1.76 bits per heavy atom. The summed E-state index contributed by atoms with van der Waals surface area (Å²) in [5.74, 6) is -3.90. The van der Waals surface area contributed by atoms with Crippen molar-refractivity contribution in [2.75, 3.05) is 19.8 Å². The molecule has 2 fully saturated rings. The maximum Gasteiger partial charge on any atom is 0.490 e. The van der Waals surface area contributed by atoms with Crippen LogP contribution < -0.4 is 10.6 Å². The van der Waals surface area contributed by atoms with Crippen LogP contribution in [0.4, 0.5) is 22.0 Å². The van der Waals surface area contributed by atoms with Crippen molar-refractivity contribution in [1.82, 2.24) is 10.6 Å². The van der Waals surface area contributed by atoms with Gasteiger partial charge in [-0.3, -0.25) is 4.79 Å². The predicted octanol–water partition coefficient (Wildman–Crippen LogP) is 2.92. The first-order valence-corrected chi connectivity index (χ1v) is 12.0. The quantitative estimate of drug-likeness (QED) is 0.375. The average Bonchev–Trinajstić information content (AvgIpc) is 2.82. The van der Waals surface area contributed by atoms with Crippen molar-refractivity contribution in [1.29, 1.82) is 0 Å². The monoisotopic (exact) mass is 540 g/mol. The first-order valence-electron chi connectivity index (χ1n) is 12.0. The Morgan fingerprint density at radius 3 is 2.24 bits per heavy atom. The molecule has 13 heteroatoms. The van der Waals surface area contributed by atoms with E-state index in [9.17, 15) is 31.9 Å². The fraction of sp³-hybridized carbons (Fsp3) is 0.667. The van der Waals surface area contributed by atoms with Crippen LogP contribution in [0.5, 0.6) is 0 Å². The van der Waals surface area contributed by atoms with Gasteiger partial charge in [-0.05, 0) is 42.9 Å². The minimum Gasteiger partial charge on any atom is -0.475 e. The van der Waals surface area contributed by atoms with E-state index in [0.717, 1.165) is 6.07 Å². The number of hydrogen-bond donors (Lipinski definition) is 4. The lowest BCUT2D eigenvalue weighted by Gasteiger charge is -2.36. The third-order valence-corrected chi connectivity index (χ3v) is 6.08. The highest BCUT2D eigenvalue weighted by molar-refractivity contribution is 5.73. The lowest BCUT2D eigenvalue weighted by molar-refractivity contribution is -0.192. The van der Waals surface area contributed by atoms with Gasteiger partial charge in [-0.1, -0.05) is 19.3 Å². The second kappa shape index (κ2) is 14.6. The Kier molecular flexibility index (Phi) is 12.1. The van der Waals surface area contributed by atoms with Crippen LogP contribution in [0, 0.1) is 17.6 Å². The molecule has 0 unspecified atom stereocenters. The van der Waals surface area contributed by atoms with Gasteiger partial charge >= 0.3 is 12.1 Å². The molecule has 0 spiro atoms. The molecule has 1 aliphatic carbocycles. The van der Waals surface area contributed by atoms with E-state index in [1.165, 1.54) is 51.2 Å². The topological polar surface area (TPSA) is 117 Å². The summed E-state index contributed by atoms with van der Waals surface area (Å²) in [4.78, 5) is 20.5. The van der Waals surface area contributed by atoms with E-state index in [0.29, 0.717) is 24.6 Å². The number of aliphatic carboxylic acids is 1. The molecule has 2 aliphatic rings. The number of carboxylic acids is 1. The van der Waals surface area contributed by atoms with Crippen LogP contribution in [0.2, 0.25) is 0 Å². The number of aliphatic hydroxyl groups is 1. The van der Waals surface area contributed by atoms with Crippen molar-refractivity contribution in [3.63, 3.8) is 0 Å². The van der Waals surface area contributed by atoms with Crippen LogP contribution in [-0.4, -0.2) is 72.5 Å². The molecule has 1 saturated heterocycles. The molecule has 4 atom stereocenters. The van der Waals surface area contributed by atoms with Crippen molar-refractivity contribution in [3.05, 3.63) is 35.4 Å². The number of carboxylic acid groups (broad SMARTS) is 1. The van der Waals surface area contributed by atoms with Gasteiger partial charge in [-0.15, -0.1) is 0 Å². The van der Waals surface area contributed by atoms with Crippen LogP contribution in [0.3, 0.4) is 0 Å². The summed E-state index contributed by atoms with van der Waals surface area (Å²) in [5, 5.41) is 23.8. The van der Waals surface area contributed by atoms with Gasteiger partial charge in [0.15, 0.2) is 6.29 Å². The van der Waals surface area contributed by atoms with Gasteiger partial charge in [-0.25, -0.2) is 13.6 Å². The van der Waals surface area contributed by atoms with E-state index in [-0.39, 0.29) is 25.2 Å². The van der Waals surface area contributed by atoms with Crippen LogP contribution in [-0.2, 0) is 25.5 Å². The summed E-state index contributed by atoms with van der Waals surface area (Å²) >= 11 is 0. The third kappa shape index (κ3) is 11.3. The summed E-state index contributed by atoms with van der Waals surface area (Å²) in [5.41, 5.74) is 0.357. The number of morpholine rings is 1. The van der Waals surface area contributed by atoms with Crippen LogP contribution in [0.1, 0.15) is 44.6 Å². The number of alkyl halides is 3. The smallest absolute Gasteiger partial charge is 0.475 e. The van der Waals surface area contributed by atoms with Gasteiger partial charge in [0.25, 0.3) is 0 Å². The minimum absolute atomic E-state index is 0.0925. The highest BCUT2D eigenvalue weighted by Crippen LogP contribution is 2.24. The van der Waals surface area contributed by atoms with E-state index in [1.807, 2.05) is 0 Å². The van der Waals surface area contributed by atoms with Gasteiger partial charge in [0.2, 0.25) is 5.91 Å². The number of hydrogen-bond acceptors (Lipinski definition) is 6. The Balaban J connectivity index is 0.000000604. The van der Waals surface area contributed by atoms with E-state index in [2.05, 4.69) is 10.6 Å². The Bertz CT molecular complexity index is 853. The van der Waals surface area contributed by atoms with Crippen LogP contribution in [0.25, 0.3) is 0 Å². The normalized spacial score (nSPS) is 22.4. The number of carbonyl (C=O) groups excluding carboxylic acids is 1. The third-order valence-electron chi connectivity index (χ3n) is 6.08. The first kappa shape index (κ1) is 30.9. The molecule has 1 aliphatic heterocycles. The van der Waals surface area contributed by atoms with E-state index < -0.39 is 42.0 Å². The number of rotatable bonds is 8. The van der Waals surface area contributed by atoms with Gasteiger partial charge in [0.1, 0.15) is 11.6 Å². The molecule has 37 heavy (non-hydrogen) atoms. The van der Waals surface area contributed by atoms with Gasteiger partial charge in [0.05, 0.1) is 31.4 Å². The Labute approximate surface area is 211 Å². The van der Waals surface area contributed by atoms with Crippen molar-refractivity contribution in [2.45, 2.75) is 76.1 Å². The molecule has 0 bridgehead atoms. The van der Waals surface area contributed by atoms with Crippen molar-refractivity contribution >= 4 is 11.9 Å². The van der Waals surface area contributed by atoms with E-state index >= 15 is 0 Å². The molecular formula is C24H33F5N2O6. The summed E-state index contributed by atoms with van der Waals surface area (Å²) in [7, 11) is 0. The zero-order valence-corrected chi connectivity index (χ0v) is 20.4. The van der Waals surface area contributed by atoms with Gasteiger partial charge < -0.3 is 30.3 Å². The molecule has 1 saturated carbocycles. The summed E-state index contributed by atoms with van der Waals surface area (Å²) in [6, 6.07) is 2.03. The highest BCUT2D eigenvalue weighted by atomic mass is 19.4. The molecule has 8 nitrogen and oxygen atoms in total. The minimum atomic E-state index is -5.08. The second-order valence-electron chi connectivity index (χ2n) is 9.20. The number of carbonyl (C=O) groups is 2. The van der Waals surface area contributed by atoms with Crippen molar-refractivity contribution < 1.29 is 51.2 Å². The number of nitrogens with one attached hydrogen (secondary N) is 2. The molecule has 4 N–H and O–H groups in total. The fourth-order valence-electron chi connectivity index (χ4n) is 4.28. The molecule has 210 valence electrons. The maximum absolute atomic E-state index is 13.5. The average molecular weight is 541 g/mol. The van der Waals surface area contributed by atoms with Gasteiger partial charge in [-0.2, -0.15) is 13.2 Å². The lowest BCUT2D eigenvalue weighted by Crippen LogP contribution is -2.59. The van der Waals surface area contributed by atoms with E-state index in [4.69, 9.17) is 19.4 Å². The molecular weight excluding hydrogens is 507 g/mol.